The Morgan fingerprint density at radius 1 is 1.05 bits per heavy atom. The molecule has 0 saturated heterocycles. The van der Waals surface area contributed by atoms with Crippen molar-refractivity contribution in [1.29, 1.82) is 0 Å². The summed E-state index contributed by atoms with van der Waals surface area (Å²) in [5.41, 5.74) is 0.353. The van der Waals surface area contributed by atoms with Gasteiger partial charge in [0.2, 0.25) is 0 Å². The van der Waals surface area contributed by atoms with E-state index in [2.05, 4.69) is 36.8 Å². The lowest BCUT2D eigenvalue weighted by Gasteiger charge is -2.13. The number of benzene rings is 1. The average molecular weight is 393 g/mol. The molecule has 1 unspecified atom stereocenters. The van der Waals surface area contributed by atoms with E-state index in [0.717, 1.165) is 16.6 Å². The van der Waals surface area contributed by atoms with Crippen LogP contribution < -0.4 is 0 Å². The highest BCUT2D eigenvalue weighted by Crippen LogP contribution is 2.27. The third-order valence-corrected chi connectivity index (χ3v) is 3.46. The summed E-state index contributed by atoms with van der Waals surface area (Å²) in [6.07, 6.45) is 1.96. The van der Waals surface area contributed by atoms with Gasteiger partial charge in [0.15, 0.2) is 0 Å². The molecule has 0 fully saturated rings. The largest absolute Gasteiger partial charge is 0.388 e. The smallest absolute Gasteiger partial charge is 0.133 e. The molecule has 0 saturated carbocycles. The van der Waals surface area contributed by atoms with E-state index in [9.17, 15) is 13.9 Å². The van der Waals surface area contributed by atoms with Crippen molar-refractivity contribution in [1.82, 2.24) is 4.98 Å². The van der Waals surface area contributed by atoms with Gasteiger partial charge in [0.05, 0.1) is 11.7 Å². The monoisotopic (exact) mass is 391 g/mol. The van der Waals surface area contributed by atoms with Gasteiger partial charge in [0.1, 0.15) is 11.6 Å². The Hall–Kier alpha value is -0.850. The highest BCUT2D eigenvalue weighted by Gasteiger charge is 2.19. The minimum absolute atomic E-state index is 0.0852. The Morgan fingerprint density at radius 2 is 1.68 bits per heavy atom. The summed E-state index contributed by atoms with van der Waals surface area (Å²) in [7, 11) is 0. The summed E-state index contributed by atoms with van der Waals surface area (Å²) in [5.74, 6) is -1.55. The molecule has 2 rings (SSSR count). The summed E-state index contributed by atoms with van der Waals surface area (Å²) in [4.78, 5) is 3.94. The van der Waals surface area contributed by atoms with E-state index in [-0.39, 0.29) is 12.0 Å². The lowest BCUT2D eigenvalue weighted by atomic mass is 10.0. The third kappa shape index (κ3) is 3.58. The fourth-order valence-corrected chi connectivity index (χ4v) is 2.58. The Bertz CT molecular complexity index is 584. The maximum Gasteiger partial charge on any atom is 0.133 e. The molecule has 6 heteroatoms. The van der Waals surface area contributed by atoms with Crippen molar-refractivity contribution in [2.45, 2.75) is 12.5 Å². The van der Waals surface area contributed by atoms with Gasteiger partial charge in [0.25, 0.3) is 0 Å². The van der Waals surface area contributed by atoms with Crippen LogP contribution in [-0.4, -0.2) is 10.1 Å². The minimum Gasteiger partial charge on any atom is -0.388 e. The van der Waals surface area contributed by atoms with E-state index in [0.29, 0.717) is 10.0 Å². The molecule has 1 heterocycles. The predicted molar refractivity (Wildman–Crippen MR) is 74.7 cm³/mol. The Labute approximate surface area is 125 Å². The van der Waals surface area contributed by atoms with Gasteiger partial charge in [-0.15, -0.1) is 0 Å². The fourth-order valence-electron chi connectivity index (χ4n) is 1.76. The van der Waals surface area contributed by atoms with Gasteiger partial charge in [-0.2, -0.15) is 0 Å². The van der Waals surface area contributed by atoms with Crippen LogP contribution in [0.25, 0.3) is 0 Å². The van der Waals surface area contributed by atoms with E-state index in [4.69, 9.17) is 0 Å². The molecule has 0 aliphatic heterocycles. The number of aliphatic hydroxyl groups is 1. The zero-order valence-corrected chi connectivity index (χ0v) is 12.7. The van der Waals surface area contributed by atoms with E-state index in [1.165, 1.54) is 0 Å². The van der Waals surface area contributed by atoms with Crippen molar-refractivity contribution in [2.75, 3.05) is 0 Å². The number of hydrogen-bond acceptors (Lipinski definition) is 2. The van der Waals surface area contributed by atoms with Crippen molar-refractivity contribution in [3.05, 3.63) is 62.3 Å². The first-order valence-electron chi connectivity index (χ1n) is 5.39. The van der Waals surface area contributed by atoms with Crippen LogP contribution in [0.3, 0.4) is 0 Å². The van der Waals surface area contributed by atoms with Crippen molar-refractivity contribution < 1.29 is 13.9 Å². The van der Waals surface area contributed by atoms with Crippen LogP contribution in [0.15, 0.2) is 39.5 Å². The number of aromatic nitrogens is 1. The lowest BCUT2D eigenvalue weighted by Crippen LogP contribution is -2.07. The molecule has 0 aliphatic carbocycles. The zero-order chi connectivity index (χ0) is 14.0. The fraction of sp³-hybridized carbons (Fsp3) is 0.154. The van der Waals surface area contributed by atoms with E-state index >= 15 is 0 Å². The third-order valence-electron chi connectivity index (χ3n) is 2.57. The van der Waals surface area contributed by atoms with Gasteiger partial charge in [-0.3, -0.25) is 4.98 Å². The first-order chi connectivity index (χ1) is 8.97. The second-order valence-corrected chi connectivity index (χ2v) is 5.85. The van der Waals surface area contributed by atoms with Crippen LogP contribution in [0.4, 0.5) is 8.78 Å². The van der Waals surface area contributed by atoms with E-state index in [1.807, 2.05) is 0 Å². The quantitative estimate of drug-likeness (QED) is 0.850. The van der Waals surface area contributed by atoms with Crippen LogP contribution in [0.1, 0.15) is 17.2 Å². The molecule has 0 amide bonds. The minimum atomic E-state index is -1.26. The number of aliphatic hydroxyl groups excluding tert-OH is 1. The molecule has 2 aromatic rings. The average Bonchev–Trinajstić information content (AvgIpc) is 2.27. The standard InChI is InChI=1S/C13H9Br2F2NO/c14-8-3-10(16)13(11(17)4-8)12(19)2-7-1-9(15)6-18-5-7/h1,3-6,12,19H,2H2. The summed E-state index contributed by atoms with van der Waals surface area (Å²) >= 11 is 6.24. The molecular formula is C13H9Br2F2NO. The van der Waals surface area contributed by atoms with Gasteiger partial charge in [-0.05, 0) is 39.7 Å². The van der Waals surface area contributed by atoms with Gasteiger partial charge < -0.3 is 5.11 Å². The number of halogens is 4. The molecule has 2 nitrogen and oxygen atoms in total. The molecule has 1 N–H and O–H groups in total. The van der Waals surface area contributed by atoms with Gasteiger partial charge in [0, 0.05) is 27.8 Å². The number of hydrogen-bond donors (Lipinski definition) is 1. The van der Waals surface area contributed by atoms with E-state index in [1.54, 1.807) is 18.5 Å². The van der Waals surface area contributed by atoms with Gasteiger partial charge in [-0.1, -0.05) is 15.9 Å². The molecular weight excluding hydrogens is 384 g/mol. The summed E-state index contributed by atoms with van der Waals surface area (Å²) in [6, 6.07) is 3.99. The van der Waals surface area contributed by atoms with Crippen LogP contribution >= 0.6 is 31.9 Å². The predicted octanol–water partition coefficient (Wildman–Crippen LogP) is 4.16. The lowest BCUT2D eigenvalue weighted by molar-refractivity contribution is 0.168. The van der Waals surface area contributed by atoms with Crippen LogP contribution in [0, 0.1) is 11.6 Å². The summed E-state index contributed by atoms with van der Waals surface area (Å²) < 4.78 is 28.4. The number of nitrogens with zero attached hydrogens (tertiary/aromatic N) is 1. The maximum absolute atomic E-state index is 13.7. The Kier molecular flexibility index (Phi) is 4.65. The zero-order valence-electron chi connectivity index (χ0n) is 9.58. The molecule has 0 aliphatic rings. The highest BCUT2D eigenvalue weighted by molar-refractivity contribution is 9.10. The van der Waals surface area contributed by atoms with Crippen molar-refractivity contribution >= 4 is 31.9 Å². The first-order valence-corrected chi connectivity index (χ1v) is 6.98. The van der Waals surface area contributed by atoms with E-state index < -0.39 is 17.7 Å². The summed E-state index contributed by atoms with van der Waals surface area (Å²) in [6.45, 7) is 0. The number of pyridine rings is 1. The highest BCUT2D eigenvalue weighted by atomic mass is 79.9. The molecule has 19 heavy (non-hydrogen) atoms. The molecule has 1 aromatic heterocycles. The maximum atomic E-state index is 13.7. The van der Waals surface area contributed by atoms with Crippen LogP contribution in [0.2, 0.25) is 0 Å². The van der Waals surface area contributed by atoms with Crippen molar-refractivity contribution in [3.63, 3.8) is 0 Å². The molecule has 0 bridgehead atoms. The van der Waals surface area contributed by atoms with Crippen molar-refractivity contribution in [2.24, 2.45) is 0 Å². The second-order valence-electron chi connectivity index (χ2n) is 4.01. The van der Waals surface area contributed by atoms with Crippen molar-refractivity contribution in [3.8, 4) is 0 Å². The second kappa shape index (κ2) is 6.07. The molecule has 100 valence electrons. The first kappa shape index (κ1) is 14.6. The SMILES string of the molecule is OC(Cc1cncc(Br)c1)c1c(F)cc(Br)cc1F. The van der Waals surface area contributed by atoms with Gasteiger partial charge in [-0.25, -0.2) is 8.78 Å². The van der Waals surface area contributed by atoms with Gasteiger partial charge >= 0.3 is 0 Å². The molecule has 0 radical (unpaired) electrons. The molecule has 1 atom stereocenters. The topological polar surface area (TPSA) is 33.1 Å². The van der Waals surface area contributed by atoms with Crippen LogP contribution in [0.5, 0.6) is 0 Å². The molecule has 1 aromatic carbocycles. The Balaban J connectivity index is 2.28. The Morgan fingerprint density at radius 3 is 2.26 bits per heavy atom. The van der Waals surface area contributed by atoms with Crippen LogP contribution in [-0.2, 0) is 6.42 Å². The number of rotatable bonds is 3. The summed E-state index contributed by atoms with van der Waals surface area (Å²) in [5, 5.41) is 9.98. The molecule has 0 spiro atoms. The normalized spacial score (nSPS) is 12.5.